The molecule has 1 atom stereocenters. The van der Waals surface area contributed by atoms with Gasteiger partial charge in [0.05, 0.1) is 18.2 Å². The zero-order valence-corrected chi connectivity index (χ0v) is 14.0. The van der Waals surface area contributed by atoms with Crippen LogP contribution in [0, 0.1) is 5.41 Å². The van der Waals surface area contributed by atoms with E-state index < -0.39 is 5.97 Å². The van der Waals surface area contributed by atoms with E-state index in [0.29, 0.717) is 13.2 Å². The highest BCUT2D eigenvalue weighted by atomic mass is 16.5. The maximum atomic E-state index is 11.7. The fourth-order valence-corrected chi connectivity index (χ4v) is 2.13. The van der Waals surface area contributed by atoms with E-state index in [-0.39, 0.29) is 22.8 Å². The first kappa shape index (κ1) is 17.7. The maximum absolute atomic E-state index is 11.7. The number of carbonyl (C=O) groups excluding carboxylic acids is 1. The Morgan fingerprint density at radius 1 is 1.48 bits per heavy atom. The van der Waals surface area contributed by atoms with Crippen molar-refractivity contribution in [1.82, 2.24) is 0 Å². The molecule has 5 nitrogen and oxygen atoms in total. The van der Waals surface area contributed by atoms with Gasteiger partial charge in [-0.2, -0.15) is 0 Å². The molecular weight excluding hydrogens is 268 g/mol. The highest BCUT2D eigenvalue weighted by molar-refractivity contribution is 6.04. The molecule has 1 aliphatic rings. The van der Waals surface area contributed by atoms with E-state index in [0.717, 1.165) is 12.1 Å². The van der Waals surface area contributed by atoms with E-state index in [1.165, 1.54) is 0 Å². The Morgan fingerprint density at radius 3 is 2.52 bits per heavy atom. The minimum absolute atomic E-state index is 0.0676. The molecule has 120 valence electrons. The fraction of sp³-hybridized carbons (Fsp3) is 0.750. The van der Waals surface area contributed by atoms with Crippen molar-refractivity contribution in [2.75, 3.05) is 13.2 Å². The van der Waals surface area contributed by atoms with E-state index in [1.807, 2.05) is 34.6 Å². The summed E-state index contributed by atoms with van der Waals surface area (Å²) < 4.78 is 10.6. The molecule has 1 fully saturated rings. The Labute approximate surface area is 127 Å². The van der Waals surface area contributed by atoms with Gasteiger partial charge in [0.15, 0.2) is 0 Å². The van der Waals surface area contributed by atoms with Crippen molar-refractivity contribution in [2.45, 2.75) is 59.6 Å². The van der Waals surface area contributed by atoms with Crippen molar-refractivity contribution in [1.29, 1.82) is 0 Å². The average molecular weight is 296 g/mol. The molecule has 0 bridgehead atoms. The molecule has 21 heavy (non-hydrogen) atoms. The molecule has 0 spiro atoms. The molecule has 1 aliphatic heterocycles. The minimum Gasteiger partial charge on any atom is -0.461 e. The molecule has 1 heterocycles. The highest BCUT2D eigenvalue weighted by Gasteiger charge is 2.36. The predicted octanol–water partition coefficient (Wildman–Crippen LogP) is 2.45. The molecule has 0 radical (unpaired) electrons. The number of carbonyl (C=O) groups is 1. The molecule has 1 rings (SSSR count). The Kier molecular flexibility index (Phi) is 5.56. The lowest BCUT2D eigenvalue weighted by Gasteiger charge is -2.26. The second-order valence-electron chi connectivity index (χ2n) is 6.84. The van der Waals surface area contributed by atoms with Gasteiger partial charge in [-0.05, 0) is 33.3 Å². The number of hydrogen-bond acceptors (Lipinski definition) is 5. The Balaban J connectivity index is 3.08. The SMILES string of the molecule is CCOC(=O)/C(N)=C/C(=NC1CCOC1(C)C)C(C)(C)C. The molecule has 2 N–H and O–H groups in total. The molecule has 0 aliphatic carbocycles. The molecular formula is C16H28N2O3. The normalized spacial score (nSPS) is 23.2. The number of rotatable bonds is 4. The number of allylic oxidation sites excluding steroid dienone is 1. The van der Waals surface area contributed by atoms with Gasteiger partial charge in [-0.1, -0.05) is 20.8 Å². The van der Waals surface area contributed by atoms with Crippen LogP contribution in [0.25, 0.3) is 0 Å². The summed E-state index contributed by atoms with van der Waals surface area (Å²) in [6, 6.07) is 0.0676. The second-order valence-corrected chi connectivity index (χ2v) is 6.84. The summed E-state index contributed by atoms with van der Waals surface area (Å²) in [6.07, 6.45) is 2.51. The molecule has 0 amide bonds. The lowest BCUT2D eigenvalue weighted by Crippen LogP contribution is -2.33. The van der Waals surface area contributed by atoms with Crippen LogP contribution in [0.2, 0.25) is 0 Å². The molecule has 1 unspecified atom stereocenters. The van der Waals surface area contributed by atoms with Gasteiger partial charge in [0.1, 0.15) is 5.70 Å². The third kappa shape index (κ3) is 4.84. The van der Waals surface area contributed by atoms with Crippen LogP contribution in [0.3, 0.4) is 0 Å². The van der Waals surface area contributed by atoms with E-state index in [4.69, 9.17) is 20.2 Å². The molecule has 0 aromatic rings. The number of aliphatic imine (C=N–C) groups is 1. The van der Waals surface area contributed by atoms with Gasteiger partial charge in [0, 0.05) is 17.7 Å². The van der Waals surface area contributed by atoms with Crippen LogP contribution >= 0.6 is 0 Å². The van der Waals surface area contributed by atoms with Gasteiger partial charge in [-0.3, -0.25) is 4.99 Å². The topological polar surface area (TPSA) is 73.9 Å². The summed E-state index contributed by atoms with van der Waals surface area (Å²) in [5.41, 5.74) is 6.19. The number of nitrogens with two attached hydrogens (primary N) is 1. The largest absolute Gasteiger partial charge is 0.461 e. The fourth-order valence-electron chi connectivity index (χ4n) is 2.13. The van der Waals surface area contributed by atoms with E-state index in [2.05, 4.69) is 0 Å². The lowest BCUT2D eigenvalue weighted by atomic mass is 9.88. The number of hydrogen-bond donors (Lipinski definition) is 1. The average Bonchev–Trinajstić information content (AvgIpc) is 2.66. The van der Waals surface area contributed by atoms with Crippen LogP contribution < -0.4 is 5.73 Å². The summed E-state index contributed by atoms with van der Waals surface area (Å²) in [4.78, 5) is 16.5. The number of esters is 1. The van der Waals surface area contributed by atoms with Gasteiger partial charge < -0.3 is 15.2 Å². The van der Waals surface area contributed by atoms with Gasteiger partial charge >= 0.3 is 5.97 Å². The van der Waals surface area contributed by atoms with Crippen LogP contribution in [0.15, 0.2) is 16.8 Å². The van der Waals surface area contributed by atoms with Crippen molar-refractivity contribution < 1.29 is 14.3 Å². The Bertz CT molecular complexity index is 445. The second kappa shape index (κ2) is 6.60. The summed E-state index contributed by atoms with van der Waals surface area (Å²) >= 11 is 0. The summed E-state index contributed by atoms with van der Waals surface area (Å²) in [5, 5.41) is 0. The van der Waals surface area contributed by atoms with Crippen molar-refractivity contribution in [2.24, 2.45) is 16.1 Å². The van der Waals surface area contributed by atoms with Crippen molar-refractivity contribution >= 4 is 11.7 Å². The van der Waals surface area contributed by atoms with Gasteiger partial charge in [0.2, 0.25) is 0 Å². The van der Waals surface area contributed by atoms with Crippen LogP contribution in [-0.4, -0.2) is 36.5 Å². The first-order chi connectivity index (χ1) is 9.58. The van der Waals surface area contributed by atoms with E-state index in [9.17, 15) is 4.79 Å². The summed E-state index contributed by atoms with van der Waals surface area (Å²) in [5.74, 6) is -0.503. The van der Waals surface area contributed by atoms with Crippen molar-refractivity contribution in [3.63, 3.8) is 0 Å². The van der Waals surface area contributed by atoms with Crippen molar-refractivity contribution in [3.05, 3.63) is 11.8 Å². The van der Waals surface area contributed by atoms with Crippen LogP contribution in [-0.2, 0) is 14.3 Å². The molecule has 1 saturated heterocycles. The first-order valence-corrected chi connectivity index (χ1v) is 7.44. The van der Waals surface area contributed by atoms with Crippen LogP contribution in [0.5, 0.6) is 0 Å². The molecule has 0 aromatic heterocycles. The van der Waals surface area contributed by atoms with Gasteiger partial charge in [0.25, 0.3) is 0 Å². The van der Waals surface area contributed by atoms with Gasteiger partial charge in [-0.25, -0.2) is 4.79 Å². The molecule has 5 heteroatoms. The highest BCUT2D eigenvalue weighted by Crippen LogP contribution is 2.30. The number of ether oxygens (including phenoxy) is 2. The summed E-state index contributed by atoms with van der Waals surface area (Å²) in [6.45, 7) is 13.0. The number of nitrogens with zero attached hydrogens (tertiary/aromatic N) is 1. The Hall–Kier alpha value is -1.36. The van der Waals surface area contributed by atoms with Gasteiger partial charge in [-0.15, -0.1) is 0 Å². The van der Waals surface area contributed by atoms with Crippen molar-refractivity contribution in [3.8, 4) is 0 Å². The monoisotopic (exact) mass is 296 g/mol. The Morgan fingerprint density at radius 2 is 2.10 bits per heavy atom. The maximum Gasteiger partial charge on any atom is 0.354 e. The zero-order chi connectivity index (χ0) is 16.3. The lowest BCUT2D eigenvalue weighted by molar-refractivity contribution is -0.138. The van der Waals surface area contributed by atoms with E-state index >= 15 is 0 Å². The quantitative estimate of drug-likeness (QED) is 0.491. The third-order valence-electron chi connectivity index (χ3n) is 3.53. The standard InChI is InChI=1S/C16H28N2O3/c1-7-20-14(19)11(17)10-13(15(2,3)4)18-12-8-9-21-16(12,5)6/h10,12H,7-9,17H2,1-6H3/b11-10-,18-13?. The predicted molar refractivity (Wildman–Crippen MR) is 84.2 cm³/mol. The van der Waals surface area contributed by atoms with E-state index in [1.54, 1.807) is 13.0 Å². The zero-order valence-electron chi connectivity index (χ0n) is 14.0. The third-order valence-corrected chi connectivity index (χ3v) is 3.53. The minimum atomic E-state index is -0.503. The molecule has 0 saturated carbocycles. The summed E-state index contributed by atoms with van der Waals surface area (Å²) in [7, 11) is 0. The smallest absolute Gasteiger partial charge is 0.354 e. The van der Waals surface area contributed by atoms with Crippen LogP contribution in [0.1, 0.15) is 48.0 Å². The molecule has 0 aromatic carbocycles. The van der Waals surface area contributed by atoms with Crippen LogP contribution in [0.4, 0.5) is 0 Å². The first-order valence-electron chi connectivity index (χ1n) is 7.44.